The van der Waals surface area contributed by atoms with E-state index in [0.717, 1.165) is 32.3 Å². The fourth-order valence-electron chi connectivity index (χ4n) is 4.39. The third kappa shape index (κ3) is 6.11. The summed E-state index contributed by atoms with van der Waals surface area (Å²) in [6, 6.07) is 17.0. The first-order valence-electron chi connectivity index (χ1n) is 12.6. The first kappa shape index (κ1) is 27.9. The fourth-order valence-corrected chi connectivity index (χ4v) is 6.22. The number of benzene rings is 3. The molecule has 0 bridgehead atoms. The number of nitrogens with one attached hydrogen (secondary N) is 2. The van der Waals surface area contributed by atoms with E-state index >= 15 is 0 Å². The molecule has 0 fully saturated rings. The highest BCUT2D eigenvalue weighted by Crippen LogP contribution is 2.43. The van der Waals surface area contributed by atoms with E-state index in [4.69, 9.17) is 24.9 Å². The van der Waals surface area contributed by atoms with Gasteiger partial charge in [-0.1, -0.05) is 40.7 Å². The van der Waals surface area contributed by atoms with Crippen molar-refractivity contribution in [2.45, 2.75) is 13.8 Å². The molecule has 3 aromatic carbocycles. The number of aryl methyl sites for hydroxylation is 2. The molecule has 0 saturated carbocycles. The number of aromatic nitrogens is 2. The maximum absolute atomic E-state index is 12.9. The summed E-state index contributed by atoms with van der Waals surface area (Å²) < 4.78 is 16.3. The lowest BCUT2D eigenvalue weighted by molar-refractivity contribution is 0.102. The first-order valence-corrected chi connectivity index (χ1v) is 14.3. The molecule has 0 unspecified atom stereocenters. The highest BCUT2D eigenvalue weighted by Gasteiger charge is 2.18. The van der Waals surface area contributed by atoms with Gasteiger partial charge in [-0.2, -0.15) is 0 Å². The topological polar surface area (TPSA) is 121 Å². The van der Waals surface area contributed by atoms with Crippen LogP contribution in [0.2, 0.25) is 0 Å². The third-order valence-electron chi connectivity index (χ3n) is 6.17. The van der Waals surface area contributed by atoms with Crippen LogP contribution in [0.25, 0.3) is 21.1 Å². The van der Waals surface area contributed by atoms with Gasteiger partial charge < -0.3 is 30.6 Å². The minimum absolute atomic E-state index is 0.155. The Labute approximate surface area is 246 Å². The lowest BCUT2D eigenvalue weighted by Crippen LogP contribution is -2.12. The van der Waals surface area contributed by atoms with Crippen molar-refractivity contribution in [2.75, 3.05) is 37.7 Å². The van der Waals surface area contributed by atoms with Gasteiger partial charge in [0.25, 0.3) is 5.91 Å². The first-order chi connectivity index (χ1) is 19.8. The molecule has 0 aliphatic heterocycles. The molecule has 1 amide bonds. The van der Waals surface area contributed by atoms with Crippen molar-refractivity contribution >= 4 is 50.9 Å². The second kappa shape index (κ2) is 11.9. The molecule has 2 heterocycles. The summed E-state index contributed by atoms with van der Waals surface area (Å²) >= 11 is 2.87. The van der Waals surface area contributed by atoms with E-state index in [0.29, 0.717) is 45.1 Å². The Morgan fingerprint density at radius 3 is 2.24 bits per heavy atom. The van der Waals surface area contributed by atoms with E-state index in [-0.39, 0.29) is 5.91 Å². The number of hydrogen-bond donors (Lipinski definition) is 3. The highest BCUT2D eigenvalue weighted by molar-refractivity contribution is 7.23. The van der Waals surface area contributed by atoms with Crippen molar-refractivity contribution in [3.8, 4) is 38.4 Å². The molecule has 41 heavy (non-hydrogen) atoms. The number of thiazole rings is 2. The maximum atomic E-state index is 12.9. The van der Waals surface area contributed by atoms with Gasteiger partial charge >= 0.3 is 0 Å². The van der Waals surface area contributed by atoms with Crippen molar-refractivity contribution in [1.29, 1.82) is 0 Å². The van der Waals surface area contributed by atoms with Gasteiger partial charge in [-0.3, -0.25) is 4.79 Å². The number of ether oxygens (including phenoxy) is 3. The summed E-state index contributed by atoms with van der Waals surface area (Å²) in [5, 5.41) is 9.57. The van der Waals surface area contributed by atoms with Crippen LogP contribution in [0.4, 0.5) is 22.3 Å². The zero-order valence-electron chi connectivity index (χ0n) is 23.2. The zero-order chi connectivity index (χ0) is 29.1. The number of methoxy groups -OCH3 is 3. The fraction of sp³-hybridized carbons (Fsp3) is 0.167. The summed E-state index contributed by atoms with van der Waals surface area (Å²) in [4.78, 5) is 22.9. The maximum Gasteiger partial charge on any atom is 0.255 e. The molecule has 5 rings (SSSR count). The lowest BCUT2D eigenvalue weighted by Gasteiger charge is -2.14. The normalized spacial score (nSPS) is 10.8. The molecule has 0 aliphatic rings. The molecular weight excluding hydrogens is 558 g/mol. The van der Waals surface area contributed by atoms with Crippen LogP contribution in [0, 0.1) is 13.8 Å². The summed E-state index contributed by atoms with van der Waals surface area (Å²) in [7, 11) is 4.69. The van der Waals surface area contributed by atoms with Crippen LogP contribution in [0.15, 0.2) is 60.0 Å². The zero-order valence-corrected chi connectivity index (χ0v) is 24.8. The molecule has 5 aromatic rings. The second-order valence-corrected chi connectivity index (χ2v) is 11.1. The Morgan fingerprint density at radius 2 is 1.59 bits per heavy atom. The highest BCUT2D eigenvalue weighted by atomic mass is 32.1. The smallest absolute Gasteiger partial charge is 0.255 e. The van der Waals surface area contributed by atoms with Gasteiger partial charge in [0.05, 0.1) is 27.0 Å². The van der Waals surface area contributed by atoms with E-state index in [9.17, 15) is 4.79 Å². The van der Waals surface area contributed by atoms with Gasteiger partial charge in [0.2, 0.25) is 5.75 Å². The number of carbonyl (C=O) groups excluding carboxylic acids is 1. The van der Waals surface area contributed by atoms with Crippen LogP contribution in [0.3, 0.4) is 0 Å². The van der Waals surface area contributed by atoms with Crippen molar-refractivity contribution < 1.29 is 19.0 Å². The monoisotopic (exact) mass is 587 g/mol. The second-order valence-electron chi connectivity index (χ2n) is 9.22. The molecule has 9 nitrogen and oxygen atoms in total. The van der Waals surface area contributed by atoms with Gasteiger partial charge in [0, 0.05) is 40.0 Å². The number of nitrogens with two attached hydrogens (primary N) is 1. The molecule has 0 spiro atoms. The number of rotatable bonds is 9. The predicted octanol–water partition coefficient (Wildman–Crippen LogP) is 7.15. The molecule has 0 radical (unpaired) electrons. The molecule has 0 atom stereocenters. The summed E-state index contributed by atoms with van der Waals surface area (Å²) in [5.41, 5.74) is 12.1. The van der Waals surface area contributed by atoms with E-state index in [2.05, 4.69) is 15.6 Å². The van der Waals surface area contributed by atoms with Crippen LogP contribution >= 0.6 is 22.7 Å². The van der Waals surface area contributed by atoms with Gasteiger partial charge in [-0.15, -0.1) is 11.3 Å². The van der Waals surface area contributed by atoms with Gasteiger partial charge in [0.15, 0.2) is 16.6 Å². The lowest BCUT2D eigenvalue weighted by atomic mass is 10.1. The number of hydrogen-bond acceptors (Lipinski definition) is 10. The molecule has 2 aromatic heterocycles. The quantitative estimate of drug-likeness (QED) is 0.166. The Bertz CT molecular complexity index is 1680. The van der Waals surface area contributed by atoms with Gasteiger partial charge in [-0.25, -0.2) is 9.97 Å². The Morgan fingerprint density at radius 1 is 0.878 bits per heavy atom. The number of carbonyl (C=O) groups is 1. The van der Waals surface area contributed by atoms with Crippen LogP contribution < -0.4 is 30.6 Å². The van der Waals surface area contributed by atoms with E-state index < -0.39 is 0 Å². The number of nitrogens with zero attached hydrogens (tertiary/aromatic N) is 2. The van der Waals surface area contributed by atoms with E-state index in [1.165, 1.54) is 22.7 Å². The van der Waals surface area contributed by atoms with Gasteiger partial charge in [-0.05, 0) is 38.1 Å². The molecule has 0 aliphatic carbocycles. The Balaban J connectivity index is 1.35. The van der Waals surface area contributed by atoms with Crippen LogP contribution in [-0.2, 0) is 0 Å². The summed E-state index contributed by atoms with van der Waals surface area (Å²) in [5.74, 6) is 1.77. The predicted molar refractivity (Wildman–Crippen MR) is 166 cm³/mol. The molecule has 4 N–H and O–H groups in total. The van der Waals surface area contributed by atoms with Crippen molar-refractivity contribution in [1.82, 2.24) is 9.97 Å². The Kier molecular flexibility index (Phi) is 8.09. The third-order valence-corrected chi connectivity index (χ3v) is 8.15. The van der Waals surface area contributed by atoms with E-state index in [1.807, 2.05) is 61.7 Å². The standard InChI is InChI=1S/C30H29N5O4S2/c1-16-9-17(2)11-19(10-16)28(36)32-20-8-6-7-18(12-20)22-15-40-29(34-22)26-27(31)35-30(41-26)33-21-13-23(37-3)25(39-5)24(14-21)38-4/h6-15H,31H2,1-5H3,(H,32,36)(H,33,35). The number of nitrogen functional groups attached to an aromatic ring is 1. The average Bonchev–Trinajstić information content (AvgIpc) is 3.58. The largest absolute Gasteiger partial charge is 0.493 e. The average molecular weight is 588 g/mol. The van der Waals surface area contributed by atoms with Gasteiger partial charge in [0.1, 0.15) is 15.7 Å². The number of amides is 1. The molecular formula is C30H29N5O4S2. The summed E-state index contributed by atoms with van der Waals surface area (Å²) in [6.07, 6.45) is 0. The van der Waals surface area contributed by atoms with Crippen LogP contribution in [-0.4, -0.2) is 37.2 Å². The molecule has 11 heteroatoms. The van der Waals surface area contributed by atoms with Crippen molar-refractivity contribution in [3.05, 3.63) is 76.7 Å². The minimum atomic E-state index is -0.155. The van der Waals surface area contributed by atoms with Crippen LogP contribution in [0.1, 0.15) is 21.5 Å². The van der Waals surface area contributed by atoms with Crippen molar-refractivity contribution in [2.24, 2.45) is 0 Å². The molecule has 210 valence electrons. The molecule has 0 saturated heterocycles. The van der Waals surface area contributed by atoms with Crippen molar-refractivity contribution in [3.63, 3.8) is 0 Å². The SMILES string of the molecule is COc1cc(Nc2nc(N)c(-c3nc(-c4cccc(NC(=O)c5cc(C)cc(C)c5)c4)cs3)s2)cc(OC)c1OC. The van der Waals surface area contributed by atoms with Crippen LogP contribution in [0.5, 0.6) is 17.2 Å². The Hall–Kier alpha value is -4.61. The van der Waals surface area contributed by atoms with E-state index in [1.54, 1.807) is 33.5 Å². The summed E-state index contributed by atoms with van der Waals surface area (Å²) in [6.45, 7) is 3.96. The minimum Gasteiger partial charge on any atom is -0.493 e. The number of anilines is 4.